The van der Waals surface area contributed by atoms with Crippen LogP contribution in [0.15, 0.2) is 18.2 Å². The number of hydrogen-bond donors (Lipinski definition) is 1. The van der Waals surface area contributed by atoms with E-state index < -0.39 is 5.97 Å². The third-order valence-electron chi connectivity index (χ3n) is 3.19. The number of nitrogen functional groups attached to an aromatic ring is 1. The minimum atomic E-state index is -0.429. The van der Waals surface area contributed by atoms with Gasteiger partial charge in [-0.15, -0.1) is 0 Å². The van der Waals surface area contributed by atoms with Crippen molar-refractivity contribution >= 4 is 11.7 Å². The highest BCUT2D eigenvalue weighted by atomic mass is 16.5. The van der Waals surface area contributed by atoms with Crippen molar-refractivity contribution < 1.29 is 9.53 Å². The summed E-state index contributed by atoms with van der Waals surface area (Å²) in [4.78, 5) is 14.0. The first-order chi connectivity index (χ1) is 9.51. The summed E-state index contributed by atoms with van der Waals surface area (Å²) in [6, 6.07) is 7.78. The zero-order chi connectivity index (χ0) is 15.1. The maximum Gasteiger partial charge on any atom is 0.340 e. The van der Waals surface area contributed by atoms with Crippen molar-refractivity contribution in [1.82, 2.24) is 4.90 Å². The van der Waals surface area contributed by atoms with E-state index in [0.717, 1.165) is 5.56 Å². The fourth-order valence-corrected chi connectivity index (χ4v) is 2.04. The Morgan fingerprint density at radius 3 is 2.75 bits per heavy atom. The number of rotatable bonds is 6. The molecule has 1 aromatic rings. The van der Waals surface area contributed by atoms with E-state index in [1.165, 1.54) is 7.11 Å². The van der Waals surface area contributed by atoms with Crippen molar-refractivity contribution in [3.63, 3.8) is 0 Å². The van der Waals surface area contributed by atoms with Crippen LogP contribution in [-0.4, -0.2) is 30.6 Å². The van der Waals surface area contributed by atoms with Gasteiger partial charge in [0, 0.05) is 31.2 Å². The van der Waals surface area contributed by atoms with E-state index in [1.54, 1.807) is 6.07 Å². The fourth-order valence-electron chi connectivity index (χ4n) is 2.04. The van der Waals surface area contributed by atoms with Gasteiger partial charge in [-0.2, -0.15) is 5.26 Å². The number of ether oxygens (including phenoxy) is 1. The summed E-state index contributed by atoms with van der Waals surface area (Å²) in [6.45, 7) is 5.33. The second kappa shape index (κ2) is 7.51. The first-order valence-corrected chi connectivity index (χ1v) is 6.58. The molecule has 0 bridgehead atoms. The molecule has 1 aromatic carbocycles. The van der Waals surface area contributed by atoms with Crippen LogP contribution in [0.25, 0.3) is 0 Å². The average Bonchev–Trinajstić information content (AvgIpc) is 2.42. The van der Waals surface area contributed by atoms with Gasteiger partial charge in [0.25, 0.3) is 0 Å². The second-order valence-corrected chi connectivity index (χ2v) is 4.85. The predicted molar refractivity (Wildman–Crippen MR) is 78.0 cm³/mol. The van der Waals surface area contributed by atoms with E-state index in [9.17, 15) is 4.79 Å². The van der Waals surface area contributed by atoms with Crippen molar-refractivity contribution in [1.29, 1.82) is 5.26 Å². The first-order valence-electron chi connectivity index (χ1n) is 6.58. The molecule has 0 aliphatic carbocycles. The molecule has 0 spiro atoms. The van der Waals surface area contributed by atoms with Crippen molar-refractivity contribution in [3.05, 3.63) is 29.3 Å². The van der Waals surface area contributed by atoms with E-state index in [4.69, 9.17) is 15.7 Å². The largest absolute Gasteiger partial charge is 0.465 e. The topological polar surface area (TPSA) is 79.3 Å². The Labute approximate surface area is 119 Å². The van der Waals surface area contributed by atoms with Gasteiger partial charge in [0.05, 0.1) is 18.7 Å². The molecule has 0 aliphatic heterocycles. The number of nitrogens with two attached hydrogens (primary N) is 1. The Morgan fingerprint density at radius 2 is 2.20 bits per heavy atom. The van der Waals surface area contributed by atoms with Crippen molar-refractivity contribution in [3.8, 4) is 6.07 Å². The predicted octanol–water partition coefficient (Wildman–Crippen LogP) is 2.18. The molecule has 0 atom stereocenters. The highest BCUT2D eigenvalue weighted by Gasteiger charge is 2.18. The lowest BCUT2D eigenvalue weighted by molar-refractivity contribution is 0.0599. The fraction of sp³-hybridized carbons (Fsp3) is 0.467. The molecule has 108 valence electrons. The zero-order valence-corrected chi connectivity index (χ0v) is 12.2. The molecule has 5 heteroatoms. The van der Waals surface area contributed by atoms with Crippen molar-refractivity contribution in [2.45, 2.75) is 32.9 Å². The number of nitriles is 1. The van der Waals surface area contributed by atoms with E-state index in [1.807, 2.05) is 12.1 Å². The van der Waals surface area contributed by atoms with Crippen LogP contribution in [0.4, 0.5) is 5.69 Å². The summed E-state index contributed by atoms with van der Waals surface area (Å²) >= 11 is 0. The van der Waals surface area contributed by atoms with Gasteiger partial charge < -0.3 is 10.5 Å². The molecule has 0 saturated heterocycles. The third-order valence-corrected chi connectivity index (χ3v) is 3.19. The molecule has 0 aliphatic rings. The monoisotopic (exact) mass is 275 g/mol. The average molecular weight is 275 g/mol. The van der Waals surface area contributed by atoms with Crippen LogP contribution in [0.3, 0.4) is 0 Å². The van der Waals surface area contributed by atoms with Gasteiger partial charge >= 0.3 is 5.97 Å². The van der Waals surface area contributed by atoms with Gasteiger partial charge in [0.1, 0.15) is 0 Å². The normalized spacial score (nSPS) is 10.6. The van der Waals surface area contributed by atoms with E-state index in [-0.39, 0.29) is 6.04 Å². The summed E-state index contributed by atoms with van der Waals surface area (Å²) in [7, 11) is 1.34. The summed E-state index contributed by atoms with van der Waals surface area (Å²) in [5.74, 6) is -0.429. The lowest BCUT2D eigenvalue weighted by atomic mass is 10.0. The summed E-state index contributed by atoms with van der Waals surface area (Å²) in [6.07, 6.45) is 0.452. The number of carbonyl (C=O) groups excluding carboxylic acids is 1. The van der Waals surface area contributed by atoms with Crippen LogP contribution in [0, 0.1) is 11.3 Å². The minimum absolute atomic E-state index is 0.273. The van der Waals surface area contributed by atoms with Gasteiger partial charge in [-0.3, -0.25) is 4.90 Å². The Morgan fingerprint density at radius 1 is 1.50 bits per heavy atom. The van der Waals surface area contributed by atoms with Gasteiger partial charge in [-0.05, 0) is 25.5 Å². The number of hydrogen-bond acceptors (Lipinski definition) is 5. The van der Waals surface area contributed by atoms with Crippen molar-refractivity contribution in [2.24, 2.45) is 0 Å². The summed E-state index contributed by atoms with van der Waals surface area (Å²) < 4.78 is 4.79. The Bertz CT molecular complexity index is 506. The quantitative estimate of drug-likeness (QED) is 0.636. The lowest BCUT2D eigenvalue weighted by Crippen LogP contribution is -2.32. The van der Waals surface area contributed by atoms with Crippen LogP contribution in [0.1, 0.15) is 36.2 Å². The molecule has 0 aromatic heterocycles. The van der Waals surface area contributed by atoms with Gasteiger partial charge in [-0.1, -0.05) is 12.1 Å². The standard InChI is InChI=1S/C15H21N3O2/c1-11(2)18(9-5-8-16)10-12-6-4-7-13(17)14(12)15(19)20-3/h4,6-7,11H,5,9-10,17H2,1-3H3. The number of methoxy groups -OCH3 is 1. The molecule has 0 unspecified atom stereocenters. The smallest absolute Gasteiger partial charge is 0.340 e. The molecular weight excluding hydrogens is 254 g/mol. The first kappa shape index (κ1) is 16.0. The van der Waals surface area contributed by atoms with Gasteiger partial charge in [0.2, 0.25) is 0 Å². The van der Waals surface area contributed by atoms with Crippen LogP contribution < -0.4 is 5.73 Å². The van der Waals surface area contributed by atoms with Crippen LogP contribution in [0.2, 0.25) is 0 Å². The number of anilines is 1. The Kier molecular flexibility index (Phi) is 6.01. The van der Waals surface area contributed by atoms with Gasteiger partial charge in [-0.25, -0.2) is 4.79 Å². The molecule has 20 heavy (non-hydrogen) atoms. The summed E-state index contributed by atoms with van der Waals surface area (Å²) in [5, 5.41) is 8.72. The molecule has 5 nitrogen and oxygen atoms in total. The van der Waals surface area contributed by atoms with Crippen LogP contribution in [0.5, 0.6) is 0 Å². The molecule has 0 saturated carbocycles. The number of esters is 1. The number of nitrogens with zero attached hydrogens (tertiary/aromatic N) is 2. The molecule has 1 rings (SSSR count). The Balaban J connectivity index is 3.03. The molecule has 0 fully saturated rings. The molecule has 0 radical (unpaired) electrons. The Hall–Kier alpha value is -2.06. The molecule has 0 heterocycles. The third kappa shape index (κ3) is 3.97. The number of carbonyl (C=O) groups is 1. The lowest BCUT2D eigenvalue weighted by Gasteiger charge is -2.26. The number of benzene rings is 1. The summed E-state index contributed by atoms with van der Waals surface area (Å²) in [5.41, 5.74) is 7.53. The SMILES string of the molecule is COC(=O)c1c(N)cccc1CN(CCC#N)C(C)C. The highest BCUT2D eigenvalue weighted by Crippen LogP contribution is 2.20. The van der Waals surface area contributed by atoms with Gasteiger partial charge in [0.15, 0.2) is 0 Å². The highest BCUT2D eigenvalue weighted by molar-refractivity contribution is 5.96. The molecule has 0 amide bonds. The minimum Gasteiger partial charge on any atom is -0.465 e. The van der Waals surface area contributed by atoms with Crippen molar-refractivity contribution in [2.75, 3.05) is 19.4 Å². The zero-order valence-electron chi connectivity index (χ0n) is 12.2. The van der Waals surface area contributed by atoms with E-state index in [2.05, 4.69) is 24.8 Å². The maximum absolute atomic E-state index is 11.8. The van der Waals surface area contributed by atoms with Crippen LogP contribution >= 0.6 is 0 Å². The van der Waals surface area contributed by atoms with E-state index >= 15 is 0 Å². The van der Waals surface area contributed by atoms with Crippen LogP contribution in [-0.2, 0) is 11.3 Å². The maximum atomic E-state index is 11.8. The second-order valence-electron chi connectivity index (χ2n) is 4.85. The molecular formula is C15H21N3O2. The molecule has 2 N–H and O–H groups in total. The van der Waals surface area contributed by atoms with E-state index in [0.29, 0.717) is 30.8 Å².